The predicted octanol–water partition coefficient (Wildman–Crippen LogP) is 2.76. The number of amides is 1. The molecule has 0 saturated carbocycles. The average Bonchev–Trinajstić information content (AvgIpc) is 2.58. The van der Waals surface area contributed by atoms with E-state index in [2.05, 4.69) is 20.2 Å². The van der Waals surface area contributed by atoms with E-state index in [1.54, 1.807) is 24.7 Å². The van der Waals surface area contributed by atoms with E-state index >= 15 is 0 Å². The smallest absolute Gasteiger partial charge is 0.227 e. The summed E-state index contributed by atoms with van der Waals surface area (Å²) in [5.74, 6) is 0.915. The highest BCUT2D eigenvalue weighted by Crippen LogP contribution is 2.24. The minimum Gasteiger partial charge on any atom is -0.397 e. The number of nitrogen functional groups attached to an aromatic ring is 1. The molecular formula is C16H21Cl2N5O. The van der Waals surface area contributed by atoms with Crippen LogP contribution in [0, 0.1) is 5.92 Å². The molecule has 0 unspecified atom stereocenters. The Kier molecular flexibility index (Phi) is 7.74. The fraction of sp³-hybridized carbons (Fsp3) is 0.312. The molecule has 2 heterocycles. The van der Waals surface area contributed by atoms with Crippen LogP contribution in [0.2, 0.25) is 0 Å². The maximum absolute atomic E-state index is 12.3. The number of hydrogen-bond acceptors (Lipinski definition) is 5. The van der Waals surface area contributed by atoms with Gasteiger partial charge in [-0.15, -0.1) is 24.8 Å². The number of rotatable bonds is 3. The molecule has 1 aliphatic heterocycles. The molecule has 1 aromatic heterocycles. The molecule has 2 aromatic rings. The molecule has 130 valence electrons. The zero-order chi connectivity index (χ0) is 15.4. The molecule has 0 spiro atoms. The third-order valence-electron chi connectivity index (χ3n) is 3.96. The largest absolute Gasteiger partial charge is 0.397 e. The summed E-state index contributed by atoms with van der Waals surface area (Å²) in [6, 6.07) is 7.32. The highest BCUT2D eigenvalue weighted by Gasteiger charge is 2.25. The van der Waals surface area contributed by atoms with Crippen molar-refractivity contribution in [3.8, 4) is 0 Å². The van der Waals surface area contributed by atoms with E-state index in [0.717, 1.165) is 31.7 Å². The lowest BCUT2D eigenvalue weighted by atomic mass is 9.96. The van der Waals surface area contributed by atoms with E-state index in [4.69, 9.17) is 5.73 Å². The first-order chi connectivity index (χ1) is 10.7. The summed E-state index contributed by atoms with van der Waals surface area (Å²) < 4.78 is 0. The molecule has 1 aromatic carbocycles. The zero-order valence-corrected chi connectivity index (χ0v) is 14.7. The highest BCUT2D eigenvalue weighted by atomic mass is 35.5. The van der Waals surface area contributed by atoms with Crippen molar-refractivity contribution in [2.24, 2.45) is 5.92 Å². The van der Waals surface area contributed by atoms with Gasteiger partial charge in [0.05, 0.1) is 17.6 Å². The minimum absolute atomic E-state index is 0. The van der Waals surface area contributed by atoms with Crippen LogP contribution in [0.15, 0.2) is 42.9 Å². The number of aromatic nitrogens is 2. The second-order valence-corrected chi connectivity index (χ2v) is 5.40. The van der Waals surface area contributed by atoms with Gasteiger partial charge in [0.15, 0.2) is 0 Å². The lowest BCUT2D eigenvalue weighted by Crippen LogP contribution is -2.38. The summed E-state index contributed by atoms with van der Waals surface area (Å²) in [4.78, 5) is 22.9. The molecule has 0 radical (unpaired) electrons. The van der Waals surface area contributed by atoms with Gasteiger partial charge in [-0.1, -0.05) is 12.1 Å². The number of benzene rings is 1. The molecule has 24 heavy (non-hydrogen) atoms. The predicted molar refractivity (Wildman–Crippen MR) is 101 cm³/mol. The Balaban J connectivity index is 0.00000144. The lowest BCUT2D eigenvalue weighted by molar-refractivity contribution is -0.120. The van der Waals surface area contributed by atoms with Crippen LogP contribution in [0.1, 0.15) is 12.8 Å². The third kappa shape index (κ3) is 4.72. The Morgan fingerprint density at radius 2 is 1.88 bits per heavy atom. The fourth-order valence-corrected chi connectivity index (χ4v) is 2.67. The minimum atomic E-state index is 0. The van der Waals surface area contributed by atoms with Gasteiger partial charge in [0.1, 0.15) is 5.82 Å². The van der Waals surface area contributed by atoms with Gasteiger partial charge < -0.3 is 16.0 Å². The van der Waals surface area contributed by atoms with Crippen LogP contribution in [-0.4, -0.2) is 29.0 Å². The van der Waals surface area contributed by atoms with Crippen LogP contribution in [0.3, 0.4) is 0 Å². The first kappa shape index (κ1) is 20.0. The Labute approximate surface area is 153 Å². The molecule has 0 aliphatic carbocycles. The second kappa shape index (κ2) is 9.30. The fourth-order valence-electron chi connectivity index (χ4n) is 2.67. The summed E-state index contributed by atoms with van der Waals surface area (Å²) in [7, 11) is 0. The number of para-hydroxylation sites is 2. The maximum atomic E-state index is 12.3. The molecule has 3 N–H and O–H groups in total. The van der Waals surface area contributed by atoms with E-state index in [1.165, 1.54) is 0 Å². The van der Waals surface area contributed by atoms with Gasteiger partial charge >= 0.3 is 0 Å². The first-order valence-corrected chi connectivity index (χ1v) is 7.40. The molecule has 0 bridgehead atoms. The Morgan fingerprint density at radius 3 is 2.50 bits per heavy atom. The standard InChI is InChI=1S/C16H19N5O.2ClH/c17-13-3-1-2-4-14(13)20-16(22)12-5-9-21(10-6-12)15-11-18-7-8-19-15;;/h1-4,7-8,11-12H,5-6,9-10,17H2,(H,20,22);2*1H. The summed E-state index contributed by atoms with van der Waals surface area (Å²) in [5, 5.41) is 2.92. The molecule has 3 rings (SSSR count). The number of nitrogens with two attached hydrogens (primary N) is 1. The lowest BCUT2D eigenvalue weighted by Gasteiger charge is -2.31. The number of nitrogens with zero attached hydrogens (tertiary/aromatic N) is 3. The van der Waals surface area contributed by atoms with Crippen LogP contribution < -0.4 is 16.0 Å². The van der Waals surface area contributed by atoms with Crippen LogP contribution in [0.5, 0.6) is 0 Å². The molecule has 1 aliphatic rings. The van der Waals surface area contributed by atoms with E-state index in [0.29, 0.717) is 11.4 Å². The quantitative estimate of drug-likeness (QED) is 0.812. The van der Waals surface area contributed by atoms with Crippen molar-refractivity contribution in [2.45, 2.75) is 12.8 Å². The van der Waals surface area contributed by atoms with Crippen LogP contribution in [0.4, 0.5) is 17.2 Å². The van der Waals surface area contributed by atoms with E-state index < -0.39 is 0 Å². The number of carbonyl (C=O) groups excluding carboxylic acids is 1. The van der Waals surface area contributed by atoms with Crippen molar-refractivity contribution in [1.82, 2.24) is 9.97 Å². The summed E-state index contributed by atoms with van der Waals surface area (Å²) >= 11 is 0. The Bertz CT molecular complexity index is 648. The van der Waals surface area contributed by atoms with E-state index in [9.17, 15) is 4.79 Å². The van der Waals surface area contributed by atoms with Crippen molar-refractivity contribution in [2.75, 3.05) is 29.0 Å². The molecule has 1 amide bonds. The zero-order valence-electron chi connectivity index (χ0n) is 13.1. The van der Waals surface area contributed by atoms with Gasteiger partial charge in [0.2, 0.25) is 5.91 Å². The van der Waals surface area contributed by atoms with Gasteiger partial charge in [-0.25, -0.2) is 4.98 Å². The molecule has 1 saturated heterocycles. The normalized spacial score (nSPS) is 14.2. The second-order valence-electron chi connectivity index (χ2n) is 5.40. The number of nitrogens with one attached hydrogen (secondary N) is 1. The first-order valence-electron chi connectivity index (χ1n) is 7.40. The number of hydrogen-bond donors (Lipinski definition) is 2. The number of piperidine rings is 1. The molecule has 6 nitrogen and oxygen atoms in total. The third-order valence-corrected chi connectivity index (χ3v) is 3.96. The van der Waals surface area contributed by atoms with E-state index in [1.807, 2.05) is 18.2 Å². The van der Waals surface area contributed by atoms with Crippen molar-refractivity contribution >= 4 is 47.9 Å². The van der Waals surface area contributed by atoms with Crippen molar-refractivity contribution in [3.63, 3.8) is 0 Å². The van der Waals surface area contributed by atoms with Crippen molar-refractivity contribution in [1.29, 1.82) is 0 Å². The topological polar surface area (TPSA) is 84.1 Å². The Morgan fingerprint density at radius 1 is 1.17 bits per heavy atom. The summed E-state index contributed by atoms with van der Waals surface area (Å²) in [6.45, 7) is 1.61. The Hall–Kier alpha value is -2.05. The van der Waals surface area contributed by atoms with Crippen molar-refractivity contribution in [3.05, 3.63) is 42.9 Å². The average molecular weight is 370 g/mol. The monoisotopic (exact) mass is 369 g/mol. The van der Waals surface area contributed by atoms with Crippen LogP contribution in [0.25, 0.3) is 0 Å². The molecule has 0 atom stereocenters. The van der Waals surface area contributed by atoms with Gasteiger partial charge in [0.25, 0.3) is 0 Å². The van der Waals surface area contributed by atoms with Gasteiger partial charge in [-0.2, -0.15) is 0 Å². The van der Waals surface area contributed by atoms with Gasteiger partial charge in [-0.3, -0.25) is 9.78 Å². The van der Waals surface area contributed by atoms with Crippen LogP contribution >= 0.6 is 24.8 Å². The van der Waals surface area contributed by atoms with Gasteiger partial charge in [-0.05, 0) is 25.0 Å². The number of carbonyl (C=O) groups is 1. The van der Waals surface area contributed by atoms with E-state index in [-0.39, 0.29) is 36.6 Å². The molecular weight excluding hydrogens is 349 g/mol. The van der Waals surface area contributed by atoms with Crippen LogP contribution in [-0.2, 0) is 4.79 Å². The maximum Gasteiger partial charge on any atom is 0.227 e. The number of anilines is 3. The summed E-state index contributed by atoms with van der Waals surface area (Å²) in [6.07, 6.45) is 6.70. The number of halogens is 2. The molecule has 8 heteroatoms. The SMILES string of the molecule is Cl.Cl.Nc1ccccc1NC(=O)C1CCN(c2cnccn2)CC1. The molecule has 1 fully saturated rings. The highest BCUT2D eigenvalue weighted by molar-refractivity contribution is 5.95. The van der Waals surface area contributed by atoms with Crippen molar-refractivity contribution < 1.29 is 4.79 Å². The summed E-state index contributed by atoms with van der Waals surface area (Å²) in [5.41, 5.74) is 7.13. The van der Waals surface area contributed by atoms with Gasteiger partial charge in [0, 0.05) is 31.4 Å².